The molecule has 132 valence electrons. The summed E-state index contributed by atoms with van der Waals surface area (Å²) in [5.74, 6) is -0.318. The Labute approximate surface area is 147 Å². The zero-order valence-corrected chi connectivity index (χ0v) is 15.3. The van der Waals surface area contributed by atoms with Crippen LogP contribution < -0.4 is 10.6 Å². The summed E-state index contributed by atoms with van der Waals surface area (Å²) < 4.78 is 25.1. The van der Waals surface area contributed by atoms with Crippen LogP contribution in [0.25, 0.3) is 5.69 Å². The average molecular weight is 373 g/mol. The van der Waals surface area contributed by atoms with E-state index < -0.39 is 9.84 Å². The Morgan fingerprint density at radius 3 is 2.62 bits per heavy atom. The lowest BCUT2D eigenvalue weighted by Gasteiger charge is -2.10. The third kappa shape index (κ3) is 4.80. The van der Waals surface area contributed by atoms with Crippen molar-refractivity contribution in [2.45, 2.75) is 11.8 Å². The van der Waals surface area contributed by atoms with Crippen LogP contribution in [-0.4, -0.2) is 44.0 Å². The van der Waals surface area contributed by atoms with Gasteiger partial charge in [-0.25, -0.2) is 13.1 Å². The molecule has 0 bridgehead atoms. The Kier molecular flexibility index (Phi) is 6.94. The maximum absolute atomic E-state index is 12.0. The first-order chi connectivity index (χ1) is 10.8. The highest BCUT2D eigenvalue weighted by molar-refractivity contribution is 7.90. The monoisotopic (exact) mass is 372 g/mol. The fourth-order valence-electron chi connectivity index (χ4n) is 2.14. The number of carbonyl (C=O) groups is 1. The second-order valence-corrected chi connectivity index (χ2v) is 7.35. The Bertz CT molecular complexity index is 805. The van der Waals surface area contributed by atoms with Gasteiger partial charge < -0.3 is 10.6 Å². The number of sulfone groups is 1. The molecule has 2 aromatic rings. The van der Waals surface area contributed by atoms with Crippen LogP contribution in [0.2, 0.25) is 0 Å². The Balaban J connectivity index is 0.00000288. The van der Waals surface area contributed by atoms with E-state index in [1.807, 2.05) is 6.92 Å². The molecule has 24 heavy (non-hydrogen) atoms. The Hall–Kier alpha value is -1.90. The Morgan fingerprint density at radius 2 is 2.00 bits per heavy atom. The molecule has 1 aromatic carbocycles. The number of halogens is 1. The Morgan fingerprint density at radius 1 is 1.33 bits per heavy atom. The molecule has 2 rings (SSSR count). The lowest BCUT2D eigenvalue weighted by molar-refractivity contribution is -0.119. The van der Waals surface area contributed by atoms with Gasteiger partial charge in [0.2, 0.25) is 5.91 Å². The zero-order valence-electron chi connectivity index (χ0n) is 13.7. The number of aromatic nitrogens is 2. The molecule has 7 nitrogen and oxygen atoms in total. The smallest absolute Gasteiger partial charge is 0.228 e. The van der Waals surface area contributed by atoms with Gasteiger partial charge in [-0.2, -0.15) is 5.10 Å². The van der Waals surface area contributed by atoms with Crippen LogP contribution in [0.15, 0.2) is 41.6 Å². The summed E-state index contributed by atoms with van der Waals surface area (Å²) in [7, 11) is -1.59. The fourth-order valence-corrected chi connectivity index (χ4v) is 3.01. The van der Waals surface area contributed by atoms with E-state index >= 15 is 0 Å². The lowest BCUT2D eigenvalue weighted by Crippen LogP contribution is -2.28. The molecule has 0 saturated heterocycles. The van der Waals surface area contributed by atoms with Gasteiger partial charge in [-0.3, -0.25) is 4.79 Å². The summed E-state index contributed by atoms with van der Waals surface area (Å²) in [5.41, 5.74) is 0.958. The molecule has 0 aliphatic heterocycles. The molecule has 1 amide bonds. The first-order valence-electron chi connectivity index (χ1n) is 7.12. The fraction of sp³-hybridized carbons (Fsp3) is 0.333. The summed E-state index contributed by atoms with van der Waals surface area (Å²) >= 11 is 0. The predicted octanol–water partition coefficient (Wildman–Crippen LogP) is 1.49. The van der Waals surface area contributed by atoms with Gasteiger partial charge in [0.25, 0.3) is 0 Å². The molecule has 0 radical (unpaired) electrons. The molecule has 0 fully saturated rings. The van der Waals surface area contributed by atoms with Crippen LogP contribution in [0, 0.1) is 5.92 Å². The van der Waals surface area contributed by atoms with Crippen molar-refractivity contribution in [2.24, 2.45) is 5.92 Å². The van der Waals surface area contributed by atoms with Gasteiger partial charge in [-0.1, -0.05) is 19.1 Å². The highest BCUT2D eigenvalue weighted by Gasteiger charge is 2.16. The molecule has 9 heteroatoms. The molecule has 0 spiro atoms. The minimum atomic E-state index is -3.37. The van der Waals surface area contributed by atoms with E-state index in [0.29, 0.717) is 17.9 Å². The van der Waals surface area contributed by atoms with Gasteiger partial charge in [0.15, 0.2) is 9.84 Å². The van der Waals surface area contributed by atoms with Gasteiger partial charge in [0, 0.05) is 18.7 Å². The summed E-state index contributed by atoms with van der Waals surface area (Å²) in [5, 5.41) is 9.84. The number of amides is 1. The molecule has 0 aliphatic carbocycles. The summed E-state index contributed by atoms with van der Waals surface area (Å²) in [6.07, 6.45) is 4.23. The number of anilines is 1. The van der Waals surface area contributed by atoms with Crippen molar-refractivity contribution in [1.29, 1.82) is 0 Å². The average Bonchev–Trinajstić information content (AvgIpc) is 2.95. The maximum Gasteiger partial charge on any atom is 0.228 e. The minimum absolute atomic E-state index is 0. The van der Waals surface area contributed by atoms with E-state index in [-0.39, 0.29) is 29.1 Å². The number of carbonyl (C=O) groups excluding carboxylic acids is 1. The third-order valence-electron chi connectivity index (χ3n) is 3.32. The van der Waals surface area contributed by atoms with Crippen LogP contribution in [-0.2, 0) is 14.6 Å². The van der Waals surface area contributed by atoms with E-state index in [0.717, 1.165) is 6.26 Å². The first kappa shape index (κ1) is 20.1. The lowest BCUT2D eigenvalue weighted by atomic mass is 10.1. The number of hydrogen-bond donors (Lipinski definition) is 2. The van der Waals surface area contributed by atoms with Gasteiger partial charge in [0.05, 0.1) is 28.7 Å². The zero-order chi connectivity index (χ0) is 17.0. The number of nitrogens with one attached hydrogen (secondary N) is 2. The topological polar surface area (TPSA) is 93.1 Å². The van der Waals surface area contributed by atoms with Crippen LogP contribution in [0.3, 0.4) is 0 Å². The standard InChI is InChI=1S/C15H20N4O3S.ClH/c1-11(8-16-2)15(20)18-12-9-17-19(10-12)13-6-4-5-7-14(13)23(3,21)22;/h4-7,9-11,16H,8H2,1-3H3,(H,18,20);1H. The highest BCUT2D eigenvalue weighted by Crippen LogP contribution is 2.20. The van der Waals surface area contributed by atoms with Gasteiger partial charge in [-0.15, -0.1) is 12.4 Å². The number of para-hydroxylation sites is 1. The van der Waals surface area contributed by atoms with Crippen molar-refractivity contribution in [2.75, 3.05) is 25.2 Å². The first-order valence-corrected chi connectivity index (χ1v) is 9.01. The van der Waals surface area contributed by atoms with Gasteiger partial charge in [-0.05, 0) is 19.2 Å². The number of benzene rings is 1. The van der Waals surface area contributed by atoms with E-state index in [1.165, 1.54) is 16.9 Å². The van der Waals surface area contributed by atoms with Crippen LogP contribution in [0.5, 0.6) is 0 Å². The summed E-state index contributed by atoms with van der Waals surface area (Å²) in [4.78, 5) is 12.2. The molecule has 2 N–H and O–H groups in total. The third-order valence-corrected chi connectivity index (χ3v) is 4.46. The number of hydrogen-bond acceptors (Lipinski definition) is 5. The molecule has 1 aromatic heterocycles. The van der Waals surface area contributed by atoms with E-state index in [9.17, 15) is 13.2 Å². The van der Waals surface area contributed by atoms with E-state index in [2.05, 4.69) is 15.7 Å². The van der Waals surface area contributed by atoms with Crippen molar-refractivity contribution >= 4 is 33.8 Å². The molecule has 0 saturated carbocycles. The number of nitrogens with zero attached hydrogens (tertiary/aromatic N) is 2. The largest absolute Gasteiger partial charge is 0.323 e. The quantitative estimate of drug-likeness (QED) is 0.801. The summed E-state index contributed by atoms with van der Waals surface area (Å²) in [6, 6.07) is 6.59. The van der Waals surface area contributed by atoms with Crippen molar-refractivity contribution in [3.05, 3.63) is 36.7 Å². The van der Waals surface area contributed by atoms with Crippen molar-refractivity contribution in [3.8, 4) is 5.69 Å². The molecule has 1 heterocycles. The van der Waals surface area contributed by atoms with Gasteiger partial charge in [0.1, 0.15) is 0 Å². The van der Waals surface area contributed by atoms with Crippen LogP contribution >= 0.6 is 12.4 Å². The van der Waals surface area contributed by atoms with Crippen LogP contribution in [0.1, 0.15) is 6.92 Å². The normalized spacial score (nSPS) is 12.3. The van der Waals surface area contributed by atoms with Crippen LogP contribution in [0.4, 0.5) is 5.69 Å². The predicted molar refractivity (Wildman–Crippen MR) is 95.6 cm³/mol. The highest BCUT2D eigenvalue weighted by atomic mass is 35.5. The van der Waals surface area contributed by atoms with Gasteiger partial charge >= 0.3 is 0 Å². The SMILES string of the molecule is CNCC(C)C(=O)Nc1cnn(-c2ccccc2S(C)(=O)=O)c1.Cl. The number of rotatable bonds is 6. The maximum atomic E-state index is 12.0. The van der Waals surface area contributed by atoms with Crippen molar-refractivity contribution in [3.63, 3.8) is 0 Å². The molecular weight excluding hydrogens is 352 g/mol. The molecule has 1 unspecified atom stereocenters. The van der Waals surface area contributed by atoms with E-state index in [4.69, 9.17) is 0 Å². The summed E-state index contributed by atoms with van der Waals surface area (Å²) in [6.45, 7) is 2.38. The molecular formula is C15H21ClN4O3S. The minimum Gasteiger partial charge on any atom is -0.323 e. The molecule has 1 atom stereocenters. The second-order valence-electron chi connectivity index (χ2n) is 5.36. The van der Waals surface area contributed by atoms with E-state index in [1.54, 1.807) is 31.4 Å². The second kappa shape index (κ2) is 8.27. The van der Waals surface area contributed by atoms with Crippen molar-refractivity contribution < 1.29 is 13.2 Å². The molecule has 0 aliphatic rings. The van der Waals surface area contributed by atoms with Crippen molar-refractivity contribution in [1.82, 2.24) is 15.1 Å².